The Labute approximate surface area is 163 Å². The largest absolute Gasteiger partial charge is 0.497 e. The Kier molecular flexibility index (Phi) is 6.19. The Morgan fingerprint density at radius 1 is 1.37 bits per heavy atom. The molecule has 0 saturated carbocycles. The predicted octanol–water partition coefficient (Wildman–Crippen LogP) is 3.50. The van der Waals surface area contributed by atoms with Crippen LogP contribution in [0.5, 0.6) is 11.5 Å². The van der Waals surface area contributed by atoms with Crippen molar-refractivity contribution in [1.29, 1.82) is 0 Å². The van der Waals surface area contributed by atoms with Gasteiger partial charge in [0.2, 0.25) is 0 Å². The van der Waals surface area contributed by atoms with Gasteiger partial charge in [-0.05, 0) is 31.2 Å². The number of hydrogen-bond donors (Lipinski definition) is 1. The maximum atomic E-state index is 13.8. The summed E-state index contributed by atoms with van der Waals surface area (Å²) in [5, 5.41) is 3.08. The average Bonchev–Trinajstić information content (AvgIpc) is 2.80. The molecular formula is C20H22ClFN2O3. The molecule has 1 atom stereocenters. The monoisotopic (exact) mass is 392 g/mol. The highest BCUT2D eigenvalue weighted by Gasteiger charge is 2.21. The number of fused-ring (bicyclic) bond motifs is 1. The fraction of sp³-hybridized carbons (Fsp3) is 0.350. The van der Waals surface area contributed by atoms with Gasteiger partial charge in [0.1, 0.15) is 23.4 Å². The molecule has 7 heteroatoms. The summed E-state index contributed by atoms with van der Waals surface area (Å²) in [6.07, 6.45) is -0.000526. The fourth-order valence-corrected chi connectivity index (χ4v) is 3.26. The molecule has 27 heavy (non-hydrogen) atoms. The molecule has 144 valence electrons. The lowest BCUT2D eigenvalue weighted by atomic mass is 10.2. The zero-order chi connectivity index (χ0) is 19.4. The van der Waals surface area contributed by atoms with Gasteiger partial charge in [-0.1, -0.05) is 17.7 Å². The van der Waals surface area contributed by atoms with E-state index >= 15 is 0 Å². The molecule has 0 spiro atoms. The SMILES string of the molecule is COc1ccc2c(c1)O[C@H](C)CN(CCNC(=O)c1cc(Cl)ccc1F)C2. The molecule has 2 aromatic rings. The minimum absolute atomic E-state index is 0.000526. The van der Waals surface area contributed by atoms with E-state index in [9.17, 15) is 9.18 Å². The first-order valence-corrected chi connectivity index (χ1v) is 9.13. The molecule has 1 heterocycles. The summed E-state index contributed by atoms with van der Waals surface area (Å²) >= 11 is 5.84. The van der Waals surface area contributed by atoms with E-state index in [-0.39, 0.29) is 11.7 Å². The van der Waals surface area contributed by atoms with Crippen LogP contribution < -0.4 is 14.8 Å². The van der Waals surface area contributed by atoms with Crippen LogP contribution in [-0.2, 0) is 6.54 Å². The fourth-order valence-electron chi connectivity index (χ4n) is 3.09. The number of nitrogens with zero attached hydrogens (tertiary/aromatic N) is 1. The van der Waals surface area contributed by atoms with Gasteiger partial charge in [-0.25, -0.2) is 4.39 Å². The van der Waals surface area contributed by atoms with E-state index in [4.69, 9.17) is 21.1 Å². The van der Waals surface area contributed by atoms with Crippen molar-refractivity contribution >= 4 is 17.5 Å². The van der Waals surface area contributed by atoms with E-state index < -0.39 is 11.7 Å². The molecule has 3 rings (SSSR count). The van der Waals surface area contributed by atoms with Crippen molar-refractivity contribution in [2.45, 2.75) is 19.6 Å². The summed E-state index contributed by atoms with van der Waals surface area (Å²) < 4.78 is 25.0. The Balaban J connectivity index is 1.60. The van der Waals surface area contributed by atoms with Crippen LogP contribution in [0.25, 0.3) is 0 Å². The third-order valence-electron chi connectivity index (χ3n) is 4.40. The summed E-state index contributed by atoms with van der Waals surface area (Å²) in [5.74, 6) is 0.510. The quantitative estimate of drug-likeness (QED) is 0.846. The number of hydrogen-bond acceptors (Lipinski definition) is 4. The molecule has 1 aliphatic heterocycles. The number of methoxy groups -OCH3 is 1. The van der Waals surface area contributed by atoms with E-state index in [0.29, 0.717) is 24.7 Å². The number of ether oxygens (including phenoxy) is 2. The standard InChI is InChI=1S/C20H22ClFN2O3/c1-13-11-24(12-14-3-5-16(26-2)10-19(14)27-13)8-7-23-20(25)17-9-15(21)4-6-18(17)22/h3-6,9-10,13H,7-8,11-12H2,1-2H3,(H,23,25)/t13-/m1/s1. The number of halogens is 2. The number of rotatable bonds is 5. The first kappa shape index (κ1) is 19.5. The summed E-state index contributed by atoms with van der Waals surface area (Å²) in [6, 6.07) is 9.71. The first-order chi connectivity index (χ1) is 13.0. The number of carbonyl (C=O) groups excluding carboxylic acids is 1. The van der Waals surface area contributed by atoms with Gasteiger partial charge in [-0.3, -0.25) is 9.69 Å². The van der Waals surface area contributed by atoms with Crippen LogP contribution in [0, 0.1) is 5.82 Å². The lowest BCUT2D eigenvalue weighted by molar-refractivity contribution is 0.0940. The number of benzene rings is 2. The number of carbonyl (C=O) groups is 1. The maximum Gasteiger partial charge on any atom is 0.254 e. The molecule has 0 fully saturated rings. The lowest BCUT2D eigenvalue weighted by Gasteiger charge is -2.21. The van der Waals surface area contributed by atoms with Crippen LogP contribution in [-0.4, -0.2) is 43.7 Å². The predicted molar refractivity (Wildman–Crippen MR) is 102 cm³/mol. The van der Waals surface area contributed by atoms with Gasteiger partial charge in [0.15, 0.2) is 0 Å². The van der Waals surface area contributed by atoms with Crippen molar-refractivity contribution in [2.24, 2.45) is 0 Å². The molecule has 0 aromatic heterocycles. The Morgan fingerprint density at radius 3 is 2.96 bits per heavy atom. The van der Waals surface area contributed by atoms with Gasteiger partial charge >= 0.3 is 0 Å². The van der Waals surface area contributed by atoms with E-state index in [2.05, 4.69) is 10.2 Å². The lowest BCUT2D eigenvalue weighted by Crippen LogP contribution is -2.38. The molecule has 0 radical (unpaired) electrons. The third-order valence-corrected chi connectivity index (χ3v) is 4.63. The van der Waals surface area contributed by atoms with Crippen molar-refractivity contribution in [1.82, 2.24) is 10.2 Å². The van der Waals surface area contributed by atoms with Crippen LogP contribution in [0.4, 0.5) is 4.39 Å². The van der Waals surface area contributed by atoms with Crippen molar-refractivity contribution in [3.63, 3.8) is 0 Å². The second-order valence-electron chi connectivity index (χ2n) is 6.52. The van der Waals surface area contributed by atoms with Crippen LogP contribution in [0.15, 0.2) is 36.4 Å². The van der Waals surface area contributed by atoms with E-state index in [1.54, 1.807) is 7.11 Å². The second kappa shape index (κ2) is 8.59. The third kappa shape index (κ3) is 4.90. The highest BCUT2D eigenvalue weighted by molar-refractivity contribution is 6.31. The molecule has 1 aliphatic rings. The van der Waals surface area contributed by atoms with E-state index in [0.717, 1.165) is 23.6 Å². The zero-order valence-corrected chi connectivity index (χ0v) is 16.1. The Bertz CT molecular complexity index is 831. The molecule has 1 N–H and O–H groups in total. The molecular weight excluding hydrogens is 371 g/mol. The summed E-state index contributed by atoms with van der Waals surface area (Å²) in [4.78, 5) is 14.4. The second-order valence-corrected chi connectivity index (χ2v) is 6.95. The summed E-state index contributed by atoms with van der Waals surface area (Å²) in [6.45, 7) is 4.43. The van der Waals surface area contributed by atoms with Crippen molar-refractivity contribution in [2.75, 3.05) is 26.7 Å². The van der Waals surface area contributed by atoms with Crippen LogP contribution in [0.3, 0.4) is 0 Å². The molecule has 5 nitrogen and oxygen atoms in total. The van der Waals surface area contributed by atoms with Gasteiger partial charge in [0.25, 0.3) is 5.91 Å². The molecule has 0 saturated heterocycles. The first-order valence-electron chi connectivity index (χ1n) is 8.75. The molecule has 0 bridgehead atoms. The normalized spacial score (nSPS) is 16.8. The molecule has 2 aromatic carbocycles. The van der Waals surface area contributed by atoms with Gasteiger partial charge in [0, 0.05) is 42.8 Å². The topological polar surface area (TPSA) is 50.8 Å². The van der Waals surface area contributed by atoms with E-state index in [1.807, 2.05) is 25.1 Å². The Hall–Kier alpha value is -2.31. The number of nitrogens with one attached hydrogen (secondary N) is 1. The minimum Gasteiger partial charge on any atom is -0.497 e. The van der Waals surface area contributed by atoms with Crippen LogP contribution >= 0.6 is 11.6 Å². The number of amides is 1. The smallest absolute Gasteiger partial charge is 0.254 e. The van der Waals surface area contributed by atoms with Gasteiger partial charge in [0.05, 0.1) is 12.7 Å². The Morgan fingerprint density at radius 2 is 2.19 bits per heavy atom. The highest BCUT2D eigenvalue weighted by Crippen LogP contribution is 2.29. The maximum absolute atomic E-state index is 13.8. The highest BCUT2D eigenvalue weighted by atomic mass is 35.5. The molecule has 0 aliphatic carbocycles. The van der Waals surface area contributed by atoms with Gasteiger partial charge in [-0.2, -0.15) is 0 Å². The van der Waals surface area contributed by atoms with Gasteiger partial charge < -0.3 is 14.8 Å². The van der Waals surface area contributed by atoms with Crippen molar-refractivity contribution < 1.29 is 18.7 Å². The van der Waals surface area contributed by atoms with Crippen molar-refractivity contribution in [3.05, 3.63) is 58.4 Å². The average molecular weight is 393 g/mol. The van der Waals surface area contributed by atoms with Gasteiger partial charge in [-0.15, -0.1) is 0 Å². The van der Waals surface area contributed by atoms with Crippen LogP contribution in [0.2, 0.25) is 5.02 Å². The van der Waals surface area contributed by atoms with Crippen LogP contribution in [0.1, 0.15) is 22.8 Å². The summed E-state index contributed by atoms with van der Waals surface area (Å²) in [7, 11) is 1.62. The minimum atomic E-state index is -0.587. The van der Waals surface area contributed by atoms with E-state index in [1.165, 1.54) is 18.2 Å². The zero-order valence-electron chi connectivity index (χ0n) is 15.3. The molecule has 0 unspecified atom stereocenters. The molecule has 1 amide bonds. The summed E-state index contributed by atoms with van der Waals surface area (Å²) in [5.41, 5.74) is 1.01. The van der Waals surface area contributed by atoms with Crippen molar-refractivity contribution in [3.8, 4) is 11.5 Å².